The third-order valence-corrected chi connectivity index (χ3v) is 1.31. The van der Waals surface area contributed by atoms with Gasteiger partial charge in [-0.2, -0.15) is 0 Å². The van der Waals surface area contributed by atoms with Crippen molar-refractivity contribution < 1.29 is 4.79 Å². The molecule has 11 heavy (non-hydrogen) atoms. The van der Waals surface area contributed by atoms with Crippen LogP contribution in [0.5, 0.6) is 0 Å². The van der Waals surface area contributed by atoms with Gasteiger partial charge in [-0.3, -0.25) is 4.79 Å². The molecule has 0 aliphatic heterocycles. The van der Waals surface area contributed by atoms with Crippen LogP contribution in [0.3, 0.4) is 0 Å². The van der Waals surface area contributed by atoms with Gasteiger partial charge in [-0.05, 0) is 19.4 Å². The van der Waals surface area contributed by atoms with Crippen LogP contribution < -0.4 is 10.6 Å². The first-order valence-electron chi connectivity index (χ1n) is 4.28. The zero-order chi connectivity index (χ0) is 8.53. The summed E-state index contributed by atoms with van der Waals surface area (Å²) in [7, 11) is 0. The van der Waals surface area contributed by atoms with Crippen molar-refractivity contribution in [3.8, 4) is 0 Å². The Balaban J connectivity index is 3.04. The summed E-state index contributed by atoms with van der Waals surface area (Å²) in [5.74, 6) is 0.135. The Kier molecular flexibility index (Phi) is 7.15. The number of hydrogen-bond donors (Lipinski definition) is 2. The molecular weight excluding hydrogens is 140 g/mol. The predicted octanol–water partition coefficient (Wildman–Crippen LogP) is 0.860. The van der Waals surface area contributed by atoms with Gasteiger partial charge >= 0.3 is 0 Å². The standard InChI is InChI=1S/C8H18N2O/c1-3-5-8(11)10-7-9-6-4-2/h9H,3-7H2,1-2H3,(H,10,11). The van der Waals surface area contributed by atoms with Gasteiger partial charge in [-0.1, -0.05) is 13.8 Å². The molecule has 0 aliphatic carbocycles. The van der Waals surface area contributed by atoms with Gasteiger partial charge in [-0.25, -0.2) is 0 Å². The van der Waals surface area contributed by atoms with E-state index in [1.165, 1.54) is 0 Å². The van der Waals surface area contributed by atoms with Crippen LogP contribution in [0, 0.1) is 0 Å². The Labute approximate surface area is 68.6 Å². The fourth-order valence-electron chi connectivity index (χ4n) is 0.742. The van der Waals surface area contributed by atoms with Crippen LogP contribution in [-0.4, -0.2) is 19.1 Å². The van der Waals surface area contributed by atoms with E-state index in [0.29, 0.717) is 13.1 Å². The fraction of sp³-hybridized carbons (Fsp3) is 0.875. The molecule has 0 aromatic carbocycles. The van der Waals surface area contributed by atoms with E-state index in [9.17, 15) is 4.79 Å². The molecule has 0 rings (SSSR count). The highest BCUT2D eigenvalue weighted by Crippen LogP contribution is 1.83. The first-order valence-corrected chi connectivity index (χ1v) is 4.28. The molecule has 1 amide bonds. The molecule has 0 spiro atoms. The maximum Gasteiger partial charge on any atom is 0.220 e. The third-order valence-electron chi connectivity index (χ3n) is 1.31. The normalized spacial score (nSPS) is 9.64. The van der Waals surface area contributed by atoms with Crippen LogP contribution in [0.25, 0.3) is 0 Å². The van der Waals surface area contributed by atoms with Crippen molar-refractivity contribution in [3.05, 3.63) is 0 Å². The lowest BCUT2D eigenvalue weighted by Crippen LogP contribution is -2.33. The van der Waals surface area contributed by atoms with Gasteiger partial charge < -0.3 is 10.6 Å². The lowest BCUT2D eigenvalue weighted by atomic mass is 10.3. The monoisotopic (exact) mass is 158 g/mol. The molecule has 0 aliphatic rings. The van der Waals surface area contributed by atoms with Crippen molar-refractivity contribution in [1.82, 2.24) is 10.6 Å². The molecule has 3 heteroatoms. The van der Waals surface area contributed by atoms with Crippen LogP contribution in [-0.2, 0) is 4.79 Å². The third kappa shape index (κ3) is 7.33. The van der Waals surface area contributed by atoms with Crippen molar-refractivity contribution in [2.75, 3.05) is 13.2 Å². The van der Waals surface area contributed by atoms with Gasteiger partial charge in [0.1, 0.15) is 0 Å². The summed E-state index contributed by atoms with van der Waals surface area (Å²) in [4.78, 5) is 10.9. The highest BCUT2D eigenvalue weighted by atomic mass is 16.1. The zero-order valence-electron chi connectivity index (χ0n) is 7.44. The van der Waals surface area contributed by atoms with Crippen molar-refractivity contribution in [3.63, 3.8) is 0 Å². The summed E-state index contributed by atoms with van der Waals surface area (Å²) in [6.07, 6.45) is 2.65. The molecule has 0 unspecified atom stereocenters. The number of hydrogen-bond acceptors (Lipinski definition) is 2. The van der Waals surface area contributed by atoms with Gasteiger partial charge in [0.25, 0.3) is 0 Å². The van der Waals surface area contributed by atoms with E-state index in [-0.39, 0.29) is 5.91 Å². The molecule has 0 saturated carbocycles. The van der Waals surface area contributed by atoms with Crippen molar-refractivity contribution in [2.24, 2.45) is 0 Å². The number of rotatable bonds is 6. The molecular formula is C8H18N2O. The molecule has 0 heterocycles. The molecule has 0 aromatic heterocycles. The number of carbonyl (C=O) groups is 1. The van der Waals surface area contributed by atoms with Crippen LogP contribution >= 0.6 is 0 Å². The number of nitrogens with one attached hydrogen (secondary N) is 2. The van der Waals surface area contributed by atoms with E-state index in [1.54, 1.807) is 0 Å². The van der Waals surface area contributed by atoms with Crippen LogP contribution in [0.2, 0.25) is 0 Å². The summed E-state index contributed by atoms with van der Waals surface area (Å²) >= 11 is 0. The quantitative estimate of drug-likeness (QED) is 0.444. The van der Waals surface area contributed by atoms with E-state index in [0.717, 1.165) is 19.4 Å². The highest BCUT2D eigenvalue weighted by molar-refractivity contribution is 5.75. The van der Waals surface area contributed by atoms with Gasteiger partial charge in [-0.15, -0.1) is 0 Å². The Hall–Kier alpha value is -0.570. The second kappa shape index (κ2) is 7.54. The smallest absolute Gasteiger partial charge is 0.220 e. The Bertz CT molecular complexity index is 104. The zero-order valence-corrected chi connectivity index (χ0v) is 7.44. The maximum atomic E-state index is 10.9. The predicted molar refractivity (Wildman–Crippen MR) is 46.2 cm³/mol. The van der Waals surface area contributed by atoms with Crippen molar-refractivity contribution >= 4 is 5.91 Å². The van der Waals surface area contributed by atoms with E-state index in [2.05, 4.69) is 17.6 Å². The Morgan fingerprint density at radius 1 is 1.27 bits per heavy atom. The largest absolute Gasteiger partial charge is 0.344 e. The molecule has 0 aromatic rings. The maximum absolute atomic E-state index is 10.9. The minimum atomic E-state index is 0.135. The second-order valence-corrected chi connectivity index (χ2v) is 2.53. The van der Waals surface area contributed by atoms with Crippen LogP contribution in [0.15, 0.2) is 0 Å². The van der Waals surface area contributed by atoms with E-state index in [1.807, 2.05) is 6.92 Å². The summed E-state index contributed by atoms with van der Waals surface area (Å²) in [6.45, 7) is 5.67. The first kappa shape index (κ1) is 10.4. The molecule has 0 bridgehead atoms. The van der Waals surface area contributed by atoms with E-state index in [4.69, 9.17) is 0 Å². The highest BCUT2D eigenvalue weighted by Gasteiger charge is 1.95. The van der Waals surface area contributed by atoms with Gasteiger partial charge in [0.2, 0.25) is 5.91 Å². The molecule has 0 radical (unpaired) electrons. The van der Waals surface area contributed by atoms with E-state index >= 15 is 0 Å². The van der Waals surface area contributed by atoms with Gasteiger partial charge in [0.05, 0.1) is 6.67 Å². The summed E-state index contributed by atoms with van der Waals surface area (Å²) in [6, 6.07) is 0. The van der Waals surface area contributed by atoms with Crippen LogP contribution in [0.4, 0.5) is 0 Å². The summed E-state index contributed by atoms with van der Waals surface area (Å²) in [5.41, 5.74) is 0. The summed E-state index contributed by atoms with van der Waals surface area (Å²) in [5, 5.41) is 5.86. The molecule has 0 atom stereocenters. The Morgan fingerprint density at radius 3 is 2.55 bits per heavy atom. The number of carbonyl (C=O) groups excluding carboxylic acids is 1. The van der Waals surface area contributed by atoms with Gasteiger partial charge in [0, 0.05) is 6.42 Å². The topological polar surface area (TPSA) is 41.1 Å². The lowest BCUT2D eigenvalue weighted by Gasteiger charge is -2.04. The molecule has 3 nitrogen and oxygen atoms in total. The minimum Gasteiger partial charge on any atom is -0.344 e. The summed E-state index contributed by atoms with van der Waals surface area (Å²) < 4.78 is 0. The molecule has 2 N–H and O–H groups in total. The first-order chi connectivity index (χ1) is 5.31. The van der Waals surface area contributed by atoms with Crippen LogP contribution in [0.1, 0.15) is 33.1 Å². The lowest BCUT2D eigenvalue weighted by molar-refractivity contribution is -0.121. The van der Waals surface area contributed by atoms with Crippen molar-refractivity contribution in [1.29, 1.82) is 0 Å². The molecule has 0 saturated heterocycles. The second-order valence-electron chi connectivity index (χ2n) is 2.53. The SMILES string of the molecule is CCCNCNC(=O)CCC. The fourth-order valence-corrected chi connectivity index (χ4v) is 0.742. The van der Waals surface area contributed by atoms with Gasteiger partial charge in [0.15, 0.2) is 0 Å². The average molecular weight is 158 g/mol. The average Bonchev–Trinajstić information content (AvgIpc) is 1.99. The Morgan fingerprint density at radius 2 is 2.00 bits per heavy atom. The van der Waals surface area contributed by atoms with E-state index < -0.39 is 0 Å². The minimum absolute atomic E-state index is 0.135. The number of amides is 1. The molecule has 0 fully saturated rings. The van der Waals surface area contributed by atoms with Crippen molar-refractivity contribution in [2.45, 2.75) is 33.1 Å². The molecule has 66 valence electrons.